The molecule has 0 aliphatic heterocycles. The molecular formula is C9H9FN2O4. The molecule has 6 nitrogen and oxygen atoms in total. The third-order valence-corrected chi connectivity index (χ3v) is 1.76. The zero-order valence-corrected chi connectivity index (χ0v) is 8.14. The van der Waals surface area contributed by atoms with Crippen molar-refractivity contribution < 1.29 is 19.2 Å². The third-order valence-electron chi connectivity index (χ3n) is 1.76. The molecule has 0 amide bonds. The minimum Gasteiger partial charge on any atom is -0.480 e. The highest BCUT2D eigenvalue weighted by Crippen LogP contribution is 2.15. The molecule has 0 heterocycles. The smallest absolute Gasteiger partial charge is 0.317 e. The van der Waals surface area contributed by atoms with E-state index < -0.39 is 16.7 Å². The first-order valence-electron chi connectivity index (χ1n) is 4.35. The molecule has 0 aliphatic rings. The van der Waals surface area contributed by atoms with Crippen LogP contribution in [0.1, 0.15) is 5.56 Å². The number of nitro benzene ring substituents is 1. The minimum atomic E-state index is -1.05. The molecule has 0 atom stereocenters. The van der Waals surface area contributed by atoms with Gasteiger partial charge in [0.25, 0.3) is 5.69 Å². The van der Waals surface area contributed by atoms with Crippen LogP contribution in [0.25, 0.3) is 0 Å². The molecule has 0 bridgehead atoms. The number of carboxylic acid groups (broad SMARTS) is 1. The van der Waals surface area contributed by atoms with Crippen LogP contribution in [0.2, 0.25) is 0 Å². The summed E-state index contributed by atoms with van der Waals surface area (Å²) in [5.74, 6) is -1.77. The fourth-order valence-electron chi connectivity index (χ4n) is 1.15. The summed E-state index contributed by atoms with van der Waals surface area (Å²) in [6, 6.07) is 3.11. The van der Waals surface area contributed by atoms with Crippen molar-refractivity contribution in [1.29, 1.82) is 0 Å². The van der Waals surface area contributed by atoms with Crippen LogP contribution in [0.4, 0.5) is 10.1 Å². The number of halogens is 1. The number of non-ortho nitro benzene ring substituents is 1. The van der Waals surface area contributed by atoms with E-state index in [9.17, 15) is 19.3 Å². The first-order chi connectivity index (χ1) is 7.49. The third kappa shape index (κ3) is 3.62. The Morgan fingerprint density at radius 2 is 2.19 bits per heavy atom. The molecule has 1 aromatic rings. The summed E-state index contributed by atoms with van der Waals surface area (Å²) in [4.78, 5) is 19.9. The molecule has 0 saturated carbocycles. The van der Waals surface area contributed by atoms with Gasteiger partial charge in [0.2, 0.25) is 0 Å². The standard InChI is InChI=1S/C9H9FN2O4/c10-7-1-6(4-11-5-9(13)14)2-8(3-7)12(15)16/h1-3,11H,4-5H2,(H,13,14). The number of carbonyl (C=O) groups is 1. The second-order valence-electron chi connectivity index (χ2n) is 3.07. The second-order valence-corrected chi connectivity index (χ2v) is 3.07. The van der Waals surface area contributed by atoms with Crippen LogP contribution in [0, 0.1) is 15.9 Å². The van der Waals surface area contributed by atoms with E-state index in [4.69, 9.17) is 5.11 Å². The monoisotopic (exact) mass is 228 g/mol. The largest absolute Gasteiger partial charge is 0.480 e. The SMILES string of the molecule is O=C(O)CNCc1cc(F)cc([N+](=O)[O-])c1. The van der Waals surface area contributed by atoms with Crippen molar-refractivity contribution >= 4 is 11.7 Å². The summed E-state index contributed by atoms with van der Waals surface area (Å²) in [5, 5.41) is 21.3. The van der Waals surface area contributed by atoms with Gasteiger partial charge in [-0.1, -0.05) is 0 Å². The summed E-state index contributed by atoms with van der Waals surface area (Å²) >= 11 is 0. The number of nitrogens with one attached hydrogen (secondary N) is 1. The normalized spacial score (nSPS) is 10.1. The van der Waals surface area contributed by atoms with Gasteiger partial charge in [0.15, 0.2) is 0 Å². The maximum atomic E-state index is 12.9. The van der Waals surface area contributed by atoms with E-state index in [2.05, 4.69) is 5.32 Å². The highest BCUT2D eigenvalue weighted by Gasteiger charge is 2.09. The lowest BCUT2D eigenvalue weighted by atomic mass is 10.2. The van der Waals surface area contributed by atoms with Crippen LogP contribution < -0.4 is 5.32 Å². The minimum absolute atomic E-state index is 0.0604. The Bertz CT molecular complexity index is 422. The molecule has 2 N–H and O–H groups in total. The van der Waals surface area contributed by atoms with Crippen LogP contribution >= 0.6 is 0 Å². The second kappa shape index (κ2) is 5.17. The predicted molar refractivity (Wildman–Crippen MR) is 52.4 cm³/mol. The van der Waals surface area contributed by atoms with Crippen molar-refractivity contribution in [2.75, 3.05) is 6.54 Å². The Morgan fingerprint density at radius 1 is 1.50 bits per heavy atom. The predicted octanol–water partition coefficient (Wildman–Crippen LogP) is 0.908. The van der Waals surface area contributed by atoms with E-state index in [0.717, 1.165) is 12.1 Å². The van der Waals surface area contributed by atoms with E-state index in [1.807, 2.05) is 0 Å². The van der Waals surface area contributed by atoms with E-state index in [1.54, 1.807) is 0 Å². The van der Waals surface area contributed by atoms with Gasteiger partial charge in [-0.15, -0.1) is 0 Å². The van der Waals surface area contributed by atoms with Gasteiger partial charge in [-0.2, -0.15) is 0 Å². The highest BCUT2D eigenvalue weighted by molar-refractivity contribution is 5.69. The molecule has 0 spiro atoms. The lowest BCUT2D eigenvalue weighted by Gasteiger charge is -2.02. The molecule has 0 aliphatic carbocycles. The Labute approximate surface area is 89.9 Å². The van der Waals surface area contributed by atoms with Gasteiger partial charge in [0.1, 0.15) is 5.82 Å². The summed E-state index contributed by atoms with van der Waals surface area (Å²) in [6.07, 6.45) is 0. The van der Waals surface area contributed by atoms with Gasteiger partial charge >= 0.3 is 5.97 Å². The van der Waals surface area contributed by atoms with Crippen LogP contribution in [0.5, 0.6) is 0 Å². The Morgan fingerprint density at radius 3 is 2.75 bits per heavy atom. The van der Waals surface area contributed by atoms with Gasteiger partial charge in [0.05, 0.1) is 17.5 Å². The summed E-state index contributed by atoms with van der Waals surface area (Å²) < 4.78 is 12.9. The number of nitrogens with zero attached hydrogens (tertiary/aromatic N) is 1. The molecule has 0 saturated heterocycles. The maximum Gasteiger partial charge on any atom is 0.317 e. The number of nitro groups is 1. The molecule has 1 aromatic carbocycles. The topological polar surface area (TPSA) is 92.5 Å². The van der Waals surface area contributed by atoms with Crippen molar-refractivity contribution in [3.8, 4) is 0 Å². The Hall–Kier alpha value is -2.02. The van der Waals surface area contributed by atoms with Crippen molar-refractivity contribution in [3.05, 3.63) is 39.7 Å². The van der Waals surface area contributed by atoms with Crippen LogP contribution in [0.15, 0.2) is 18.2 Å². The first kappa shape index (κ1) is 12.1. The van der Waals surface area contributed by atoms with Gasteiger partial charge < -0.3 is 10.4 Å². The van der Waals surface area contributed by atoms with E-state index in [0.29, 0.717) is 5.56 Å². The molecule has 86 valence electrons. The molecule has 0 aromatic heterocycles. The van der Waals surface area contributed by atoms with Crippen LogP contribution in [0.3, 0.4) is 0 Å². The zero-order chi connectivity index (χ0) is 12.1. The molecule has 0 radical (unpaired) electrons. The summed E-state index contributed by atoms with van der Waals surface area (Å²) in [7, 11) is 0. The lowest BCUT2D eigenvalue weighted by molar-refractivity contribution is -0.385. The van der Waals surface area contributed by atoms with Gasteiger partial charge in [0, 0.05) is 12.6 Å². The van der Waals surface area contributed by atoms with Crippen LogP contribution in [-0.4, -0.2) is 22.5 Å². The molecule has 0 fully saturated rings. The zero-order valence-electron chi connectivity index (χ0n) is 8.14. The summed E-state index contributed by atoms with van der Waals surface area (Å²) in [5.41, 5.74) is -0.0277. The molecule has 0 unspecified atom stereocenters. The van der Waals surface area contributed by atoms with Crippen molar-refractivity contribution in [1.82, 2.24) is 5.32 Å². The number of rotatable bonds is 5. The van der Waals surface area contributed by atoms with E-state index in [-0.39, 0.29) is 18.8 Å². The number of hydrogen-bond acceptors (Lipinski definition) is 4. The molecule has 16 heavy (non-hydrogen) atoms. The Kier molecular flexibility index (Phi) is 3.90. The number of carboxylic acids is 1. The number of hydrogen-bond donors (Lipinski definition) is 2. The van der Waals surface area contributed by atoms with Gasteiger partial charge in [-0.3, -0.25) is 14.9 Å². The quantitative estimate of drug-likeness (QED) is 0.577. The van der Waals surface area contributed by atoms with Crippen molar-refractivity contribution in [2.45, 2.75) is 6.54 Å². The molecule has 1 rings (SSSR count). The van der Waals surface area contributed by atoms with Gasteiger partial charge in [-0.05, 0) is 11.6 Å². The highest BCUT2D eigenvalue weighted by atomic mass is 19.1. The van der Waals surface area contributed by atoms with E-state index in [1.165, 1.54) is 6.07 Å². The lowest BCUT2D eigenvalue weighted by Crippen LogP contribution is -2.21. The Balaban J connectivity index is 2.72. The molecular weight excluding hydrogens is 219 g/mol. The van der Waals surface area contributed by atoms with Crippen molar-refractivity contribution in [3.63, 3.8) is 0 Å². The summed E-state index contributed by atoms with van der Waals surface area (Å²) in [6.45, 7) is -0.227. The molecule has 7 heteroatoms. The number of aliphatic carboxylic acids is 1. The van der Waals surface area contributed by atoms with Crippen LogP contribution in [-0.2, 0) is 11.3 Å². The van der Waals surface area contributed by atoms with E-state index >= 15 is 0 Å². The average Bonchev–Trinajstić information content (AvgIpc) is 2.16. The average molecular weight is 228 g/mol. The first-order valence-corrected chi connectivity index (χ1v) is 4.35. The fraction of sp³-hybridized carbons (Fsp3) is 0.222. The van der Waals surface area contributed by atoms with Crippen molar-refractivity contribution in [2.24, 2.45) is 0 Å². The fourth-order valence-corrected chi connectivity index (χ4v) is 1.15. The van der Waals surface area contributed by atoms with Gasteiger partial charge in [-0.25, -0.2) is 4.39 Å². The maximum absolute atomic E-state index is 12.9. The number of benzene rings is 1.